The molecule has 1 saturated heterocycles. The number of nitrogens with zero attached hydrogens (tertiary/aromatic N) is 2. The first-order valence-corrected chi connectivity index (χ1v) is 7.16. The molecule has 2 rings (SSSR count). The maximum atomic E-state index is 11.1. The van der Waals surface area contributed by atoms with Gasteiger partial charge in [-0.1, -0.05) is 0 Å². The van der Waals surface area contributed by atoms with E-state index in [1.807, 2.05) is 4.90 Å². The van der Waals surface area contributed by atoms with Gasteiger partial charge < -0.3 is 15.1 Å². The van der Waals surface area contributed by atoms with Crippen molar-refractivity contribution in [2.45, 2.75) is 25.9 Å². The van der Waals surface area contributed by atoms with Crippen LogP contribution < -0.4 is 4.90 Å². The van der Waals surface area contributed by atoms with Gasteiger partial charge in [0.15, 0.2) is 5.00 Å². The fourth-order valence-corrected chi connectivity index (χ4v) is 3.45. The van der Waals surface area contributed by atoms with E-state index in [2.05, 4.69) is 0 Å². The van der Waals surface area contributed by atoms with Gasteiger partial charge in [-0.2, -0.15) is 0 Å². The second-order valence-corrected chi connectivity index (χ2v) is 5.97. The van der Waals surface area contributed by atoms with Crippen molar-refractivity contribution in [1.82, 2.24) is 0 Å². The average Bonchev–Trinajstić information content (AvgIpc) is 2.84. The summed E-state index contributed by atoms with van der Waals surface area (Å²) in [7, 11) is 0. The third kappa shape index (κ3) is 3.05. The quantitative estimate of drug-likeness (QED) is 0.652. The van der Waals surface area contributed by atoms with Gasteiger partial charge in [-0.25, -0.2) is 0 Å². The van der Waals surface area contributed by atoms with E-state index in [4.69, 9.17) is 0 Å². The highest BCUT2D eigenvalue weighted by molar-refractivity contribution is 7.16. The van der Waals surface area contributed by atoms with Gasteiger partial charge in [0.1, 0.15) is 0 Å². The molecule has 0 radical (unpaired) electrons. The Morgan fingerprint density at radius 1 is 1.68 bits per heavy atom. The predicted octanol–water partition coefficient (Wildman–Crippen LogP) is 1.92. The Morgan fingerprint density at radius 3 is 3.00 bits per heavy atom. The number of thiophene rings is 1. The largest absolute Gasteiger partial charge is 0.396 e. The molecule has 0 aliphatic carbocycles. The Hall–Kier alpha value is -1.18. The first kappa shape index (κ1) is 14.2. The van der Waals surface area contributed by atoms with E-state index in [-0.39, 0.29) is 18.2 Å². The first-order valence-electron chi connectivity index (χ1n) is 6.35. The van der Waals surface area contributed by atoms with E-state index >= 15 is 0 Å². The van der Waals surface area contributed by atoms with Gasteiger partial charge >= 0.3 is 5.69 Å². The fraction of sp³-hybridized carbons (Fsp3) is 0.667. The molecule has 1 aromatic heterocycles. The lowest BCUT2D eigenvalue weighted by molar-refractivity contribution is -0.383. The Kier molecular flexibility index (Phi) is 4.38. The zero-order valence-corrected chi connectivity index (χ0v) is 11.6. The maximum Gasteiger partial charge on any atom is 0.304 e. The van der Waals surface area contributed by atoms with Crippen LogP contribution in [0.3, 0.4) is 0 Å². The van der Waals surface area contributed by atoms with Crippen LogP contribution in [-0.4, -0.2) is 34.8 Å². The number of aliphatic hydroxyl groups is 2. The van der Waals surface area contributed by atoms with Gasteiger partial charge in [-0.15, -0.1) is 11.3 Å². The summed E-state index contributed by atoms with van der Waals surface area (Å²) in [5.74, 6) is 0.172. The van der Waals surface area contributed by atoms with Crippen molar-refractivity contribution in [3.8, 4) is 0 Å². The maximum absolute atomic E-state index is 11.1. The molecule has 2 heterocycles. The number of nitro groups is 1. The van der Waals surface area contributed by atoms with E-state index in [0.717, 1.165) is 19.4 Å². The van der Waals surface area contributed by atoms with Crippen LogP contribution in [0.2, 0.25) is 0 Å². The molecule has 2 N–H and O–H groups in total. The van der Waals surface area contributed by atoms with Gasteiger partial charge in [-0.05, 0) is 25.7 Å². The highest BCUT2D eigenvalue weighted by Gasteiger charge is 2.28. The molecule has 1 aliphatic rings. The third-order valence-corrected chi connectivity index (χ3v) is 4.74. The molecule has 1 aromatic rings. The van der Waals surface area contributed by atoms with E-state index in [0.29, 0.717) is 16.4 Å². The van der Waals surface area contributed by atoms with E-state index < -0.39 is 11.0 Å². The van der Waals surface area contributed by atoms with Crippen molar-refractivity contribution in [1.29, 1.82) is 0 Å². The lowest BCUT2D eigenvalue weighted by Crippen LogP contribution is -2.36. The zero-order valence-electron chi connectivity index (χ0n) is 10.8. The van der Waals surface area contributed by atoms with Gasteiger partial charge in [-0.3, -0.25) is 10.1 Å². The van der Waals surface area contributed by atoms with E-state index in [9.17, 15) is 20.3 Å². The number of piperidine rings is 1. The number of aliphatic hydroxyl groups excluding tert-OH is 2. The van der Waals surface area contributed by atoms with Gasteiger partial charge in [0.05, 0.1) is 11.0 Å². The van der Waals surface area contributed by atoms with Crippen LogP contribution in [0.25, 0.3) is 0 Å². The summed E-state index contributed by atoms with van der Waals surface area (Å²) in [6, 6.07) is 1.45. The van der Waals surface area contributed by atoms with Crippen LogP contribution >= 0.6 is 11.3 Å². The lowest BCUT2D eigenvalue weighted by atomic mass is 9.99. The molecule has 19 heavy (non-hydrogen) atoms. The highest BCUT2D eigenvalue weighted by Crippen LogP contribution is 2.41. The molecular formula is C12H18N2O4S. The topological polar surface area (TPSA) is 86.8 Å². The smallest absolute Gasteiger partial charge is 0.304 e. The Balaban J connectivity index is 2.29. The SMILES string of the molecule is CC(O)c1cc([N+](=O)[O-])c(N2CCCC(CO)C2)s1. The molecule has 0 bridgehead atoms. The predicted molar refractivity (Wildman–Crippen MR) is 73.6 cm³/mol. The molecule has 2 atom stereocenters. The summed E-state index contributed by atoms with van der Waals surface area (Å²) in [4.78, 5) is 13.3. The van der Waals surface area contributed by atoms with Crippen molar-refractivity contribution >= 4 is 22.0 Å². The molecule has 7 heteroatoms. The average molecular weight is 286 g/mol. The van der Waals surface area contributed by atoms with Crippen LogP contribution in [0.15, 0.2) is 6.07 Å². The van der Waals surface area contributed by atoms with Crippen molar-refractivity contribution in [3.63, 3.8) is 0 Å². The number of hydrogen-bond acceptors (Lipinski definition) is 6. The summed E-state index contributed by atoms with van der Waals surface area (Å²) < 4.78 is 0. The van der Waals surface area contributed by atoms with Gasteiger partial charge in [0.25, 0.3) is 0 Å². The van der Waals surface area contributed by atoms with Crippen molar-refractivity contribution in [2.75, 3.05) is 24.6 Å². The Labute approximate surface area is 115 Å². The summed E-state index contributed by atoms with van der Waals surface area (Å²) >= 11 is 1.27. The van der Waals surface area contributed by atoms with Crippen LogP contribution in [0, 0.1) is 16.0 Å². The standard InChI is InChI=1S/C12H18N2O4S/c1-8(16)11-5-10(14(17)18)12(19-11)13-4-2-3-9(6-13)7-15/h5,8-9,15-16H,2-4,6-7H2,1H3. The van der Waals surface area contributed by atoms with Gasteiger partial charge in [0, 0.05) is 30.6 Å². The summed E-state index contributed by atoms with van der Waals surface area (Å²) in [6.07, 6.45) is 1.18. The minimum Gasteiger partial charge on any atom is -0.396 e. The van der Waals surface area contributed by atoms with Crippen molar-refractivity contribution in [2.24, 2.45) is 5.92 Å². The molecule has 6 nitrogen and oxygen atoms in total. The summed E-state index contributed by atoms with van der Waals surface area (Å²) in [5.41, 5.74) is 0.0551. The minimum absolute atomic E-state index is 0.0551. The normalized spacial score (nSPS) is 21.4. The van der Waals surface area contributed by atoms with Crippen LogP contribution in [0.5, 0.6) is 0 Å². The number of rotatable bonds is 4. The molecule has 0 aromatic carbocycles. The second-order valence-electron chi connectivity index (χ2n) is 4.91. The number of hydrogen-bond donors (Lipinski definition) is 2. The van der Waals surface area contributed by atoms with Crippen LogP contribution in [0.4, 0.5) is 10.7 Å². The number of anilines is 1. The monoisotopic (exact) mass is 286 g/mol. The molecule has 106 valence electrons. The molecule has 1 aliphatic heterocycles. The molecule has 0 amide bonds. The van der Waals surface area contributed by atoms with E-state index in [1.165, 1.54) is 17.4 Å². The third-order valence-electron chi connectivity index (χ3n) is 3.39. The molecule has 2 unspecified atom stereocenters. The van der Waals surface area contributed by atoms with Crippen molar-refractivity contribution in [3.05, 3.63) is 21.1 Å². The molecule has 0 saturated carbocycles. The Bertz CT molecular complexity index is 461. The van der Waals surface area contributed by atoms with Crippen LogP contribution in [-0.2, 0) is 0 Å². The molecular weight excluding hydrogens is 268 g/mol. The first-order chi connectivity index (χ1) is 9.02. The minimum atomic E-state index is -0.698. The second kappa shape index (κ2) is 5.85. The van der Waals surface area contributed by atoms with Crippen molar-refractivity contribution < 1.29 is 15.1 Å². The van der Waals surface area contributed by atoms with Gasteiger partial charge in [0.2, 0.25) is 0 Å². The molecule has 1 fully saturated rings. The Morgan fingerprint density at radius 2 is 2.42 bits per heavy atom. The van der Waals surface area contributed by atoms with E-state index in [1.54, 1.807) is 6.92 Å². The summed E-state index contributed by atoms with van der Waals surface area (Å²) in [6.45, 7) is 3.11. The highest BCUT2D eigenvalue weighted by atomic mass is 32.1. The fourth-order valence-electron chi connectivity index (χ4n) is 2.35. The molecule has 0 spiro atoms. The lowest BCUT2D eigenvalue weighted by Gasteiger charge is -2.32. The van der Waals surface area contributed by atoms with Crippen LogP contribution in [0.1, 0.15) is 30.7 Å². The summed E-state index contributed by atoms with van der Waals surface area (Å²) in [5, 5.41) is 30.5. The zero-order chi connectivity index (χ0) is 14.0.